The van der Waals surface area contributed by atoms with Crippen molar-refractivity contribution >= 4 is 17.8 Å². The van der Waals surface area contributed by atoms with Crippen molar-refractivity contribution in [3.05, 3.63) is 65.8 Å². The molecule has 154 valence electrons. The number of carbonyl (C=O) groups is 3. The molecule has 1 aromatic rings. The lowest BCUT2D eigenvalue weighted by molar-refractivity contribution is -0.122. The molecule has 1 aromatic carbocycles. The quantitative estimate of drug-likeness (QED) is 0.445. The fraction of sp³-hybridized carbons (Fsp3) is 0.261. The molecule has 0 spiro atoms. The van der Waals surface area contributed by atoms with E-state index >= 15 is 0 Å². The molecule has 7 nitrogen and oxygen atoms in total. The average molecular weight is 405 g/mol. The minimum Gasteiger partial charge on any atom is -0.497 e. The third-order valence-electron chi connectivity index (χ3n) is 5.00. The fourth-order valence-electron chi connectivity index (χ4n) is 3.36. The second-order valence-corrected chi connectivity index (χ2v) is 6.90. The lowest BCUT2D eigenvalue weighted by Crippen LogP contribution is -2.56. The SMILES string of the molecule is C=CC=CC(C#CC1(CN2CCc3ccc(OC)cc3C2=O)NC(=O)NC1=O)=CC. The Bertz CT molecular complexity index is 1030. The summed E-state index contributed by atoms with van der Waals surface area (Å²) in [6, 6.07) is 4.74. The van der Waals surface area contributed by atoms with E-state index in [0.29, 0.717) is 29.9 Å². The Hall–Kier alpha value is -3.79. The summed E-state index contributed by atoms with van der Waals surface area (Å²) in [5.74, 6) is 5.58. The smallest absolute Gasteiger partial charge is 0.323 e. The Morgan fingerprint density at radius 3 is 2.80 bits per heavy atom. The number of methoxy groups -OCH3 is 1. The first-order valence-corrected chi connectivity index (χ1v) is 9.51. The van der Waals surface area contributed by atoms with Gasteiger partial charge in [-0.3, -0.25) is 14.9 Å². The Morgan fingerprint density at radius 2 is 2.17 bits per heavy atom. The topological polar surface area (TPSA) is 87.7 Å². The zero-order chi connectivity index (χ0) is 21.7. The van der Waals surface area contributed by atoms with E-state index in [1.54, 1.807) is 30.4 Å². The van der Waals surface area contributed by atoms with Crippen LogP contribution in [0.3, 0.4) is 0 Å². The number of ether oxygens (including phenoxy) is 1. The van der Waals surface area contributed by atoms with E-state index in [0.717, 1.165) is 5.56 Å². The first-order valence-electron chi connectivity index (χ1n) is 9.51. The summed E-state index contributed by atoms with van der Waals surface area (Å²) in [7, 11) is 1.54. The molecule has 2 N–H and O–H groups in total. The van der Waals surface area contributed by atoms with Crippen LogP contribution in [-0.2, 0) is 11.2 Å². The minimum absolute atomic E-state index is 0.0603. The maximum absolute atomic E-state index is 13.1. The number of imide groups is 1. The van der Waals surface area contributed by atoms with E-state index in [2.05, 4.69) is 29.1 Å². The number of carbonyl (C=O) groups excluding carboxylic acids is 3. The highest BCUT2D eigenvalue weighted by atomic mass is 16.5. The molecule has 7 heteroatoms. The van der Waals surface area contributed by atoms with Gasteiger partial charge in [-0.15, -0.1) is 0 Å². The number of urea groups is 1. The number of rotatable bonds is 5. The summed E-state index contributed by atoms with van der Waals surface area (Å²) in [5, 5.41) is 4.84. The lowest BCUT2D eigenvalue weighted by Gasteiger charge is -2.33. The molecule has 0 aliphatic carbocycles. The Balaban J connectivity index is 1.93. The van der Waals surface area contributed by atoms with Gasteiger partial charge < -0.3 is 15.0 Å². The Morgan fingerprint density at radius 1 is 1.37 bits per heavy atom. The van der Waals surface area contributed by atoms with Gasteiger partial charge in [-0.05, 0) is 37.1 Å². The molecule has 1 atom stereocenters. The van der Waals surface area contributed by atoms with Crippen LogP contribution >= 0.6 is 0 Å². The average Bonchev–Trinajstić information content (AvgIpc) is 3.03. The van der Waals surface area contributed by atoms with Gasteiger partial charge in [0.15, 0.2) is 0 Å². The maximum Gasteiger partial charge on any atom is 0.323 e. The summed E-state index contributed by atoms with van der Waals surface area (Å²) in [4.78, 5) is 39.1. The van der Waals surface area contributed by atoms with Gasteiger partial charge in [0.1, 0.15) is 5.75 Å². The summed E-state index contributed by atoms with van der Waals surface area (Å²) in [6.07, 6.45) is 7.50. The Labute approximate surface area is 175 Å². The highest BCUT2D eigenvalue weighted by Crippen LogP contribution is 2.25. The summed E-state index contributed by atoms with van der Waals surface area (Å²) in [6.45, 7) is 5.79. The molecule has 2 aliphatic rings. The number of fused-ring (bicyclic) bond motifs is 1. The number of benzene rings is 1. The van der Waals surface area contributed by atoms with Gasteiger partial charge in [-0.1, -0.05) is 42.7 Å². The first kappa shape index (κ1) is 20.9. The van der Waals surface area contributed by atoms with Crippen molar-refractivity contribution in [2.24, 2.45) is 0 Å². The molecule has 4 amide bonds. The van der Waals surface area contributed by atoms with Gasteiger partial charge in [0.2, 0.25) is 5.54 Å². The van der Waals surface area contributed by atoms with Crippen molar-refractivity contribution in [3.63, 3.8) is 0 Å². The summed E-state index contributed by atoms with van der Waals surface area (Å²) < 4.78 is 5.22. The monoisotopic (exact) mass is 405 g/mol. The fourth-order valence-corrected chi connectivity index (χ4v) is 3.36. The van der Waals surface area contributed by atoms with Crippen molar-refractivity contribution in [2.75, 3.05) is 20.2 Å². The van der Waals surface area contributed by atoms with Crippen LogP contribution in [0.15, 0.2) is 54.7 Å². The van der Waals surface area contributed by atoms with Crippen molar-refractivity contribution in [1.29, 1.82) is 0 Å². The molecule has 3 rings (SSSR count). The van der Waals surface area contributed by atoms with Crippen LogP contribution in [-0.4, -0.2) is 48.5 Å². The van der Waals surface area contributed by atoms with Gasteiger partial charge in [0, 0.05) is 17.7 Å². The second kappa shape index (κ2) is 8.70. The highest BCUT2D eigenvalue weighted by Gasteiger charge is 2.47. The lowest BCUT2D eigenvalue weighted by atomic mass is 9.94. The first-order chi connectivity index (χ1) is 14.4. The minimum atomic E-state index is -1.53. The van der Waals surface area contributed by atoms with Crippen molar-refractivity contribution < 1.29 is 19.1 Å². The van der Waals surface area contributed by atoms with Crippen LogP contribution in [0.5, 0.6) is 5.75 Å². The van der Waals surface area contributed by atoms with Crippen LogP contribution in [0.1, 0.15) is 22.8 Å². The Kier molecular flexibility index (Phi) is 6.07. The molecule has 0 saturated carbocycles. The van der Waals surface area contributed by atoms with Gasteiger partial charge >= 0.3 is 6.03 Å². The molecule has 30 heavy (non-hydrogen) atoms. The van der Waals surface area contributed by atoms with Crippen LogP contribution in [0.4, 0.5) is 4.79 Å². The molecule has 2 aliphatic heterocycles. The number of amides is 4. The predicted octanol–water partition coefficient (Wildman–Crippen LogP) is 1.96. The zero-order valence-electron chi connectivity index (χ0n) is 17.0. The molecule has 2 heterocycles. The molecular weight excluding hydrogens is 382 g/mol. The third kappa shape index (κ3) is 4.13. The van der Waals surface area contributed by atoms with Crippen LogP contribution in [0.25, 0.3) is 0 Å². The van der Waals surface area contributed by atoms with Crippen molar-refractivity contribution in [2.45, 2.75) is 18.9 Å². The molecule has 0 aromatic heterocycles. The van der Waals surface area contributed by atoms with E-state index in [1.165, 1.54) is 12.0 Å². The number of nitrogens with zero attached hydrogens (tertiary/aromatic N) is 1. The number of nitrogens with one attached hydrogen (secondary N) is 2. The third-order valence-corrected chi connectivity index (χ3v) is 5.00. The molecule has 0 bridgehead atoms. The van der Waals surface area contributed by atoms with Gasteiger partial charge in [-0.25, -0.2) is 4.79 Å². The maximum atomic E-state index is 13.1. The summed E-state index contributed by atoms with van der Waals surface area (Å²) >= 11 is 0. The molecule has 0 radical (unpaired) electrons. The van der Waals surface area contributed by atoms with Gasteiger partial charge in [0.25, 0.3) is 11.8 Å². The zero-order valence-corrected chi connectivity index (χ0v) is 17.0. The second-order valence-electron chi connectivity index (χ2n) is 6.90. The number of hydrogen-bond donors (Lipinski definition) is 2. The van der Waals surface area contributed by atoms with Crippen LogP contribution < -0.4 is 15.4 Å². The van der Waals surface area contributed by atoms with E-state index in [-0.39, 0.29) is 12.5 Å². The molecule has 1 unspecified atom stereocenters. The van der Waals surface area contributed by atoms with Crippen molar-refractivity contribution in [3.8, 4) is 17.6 Å². The van der Waals surface area contributed by atoms with Crippen LogP contribution in [0.2, 0.25) is 0 Å². The molecule has 1 fully saturated rings. The van der Waals surface area contributed by atoms with E-state index in [1.807, 2.05) is 19.1 Å². The normalized spacial score (nSPS) is 20.9. The standard InChI is InChI=1S/C23H23N3O4/c1-4-6-7-16(5-2)10-12-23(21(28)24-22(29)25-23)15-26-13-11-17-8-9-18(30-3)14-19(17)20(26)27/h4-9,14H,1,11,13,15H2,2-3H3,(H2,24,25,28,29). The molecule has 1 saturated heterocycles. The van der Waals surface area contributed by atoms with E-state index in [4.69, 9.17) is 4.74 Å². The van der Waals surface area contributed by atoms with Crippen molar-refractivity contribution in [1.82, 2.24) is 15.5 Å². The van der Waals surface area contributed by atoms with Crippen LogP contribution in [0, 0.1) is 11.8 Å². The summed E-state index contributed by atoms with van der Waals surface area (Å²) in [5.41, 5.74) is 0.571. The van der Waals surface area contributed by atoms with Gasteiger partial charge in [0.05, 0.1) is 13.7 Å². The van der Waals surface area contributed by atoms with Gasteiger partial charge in [-0.2, -0.15) is 0 Å². The largest absolute Gasteiger partial charge is 0.497 e. The molecular formula is C23H23N3O4. The predicted molar refractivity (Wildman–Crippen MR) is 113 cm³/mol. The van der Waals surface area contributed by atoms with E-state index in [9.17, 15) is 14.4 Å². The van der Waals surface area contributed by atoms with E-state index < -0.39 is 17.5 Å². The highest BCUT2D eigenvalue weighted by molar-refractivity contribution is 6.10. The number of allylic oxidation sites excluding steroid dienone is 5. The number of hydrogen-bond acceptors (Lipinski definition) is 4.